The predicted molar refractivity (Wildman–Crippen MR) is 59.2 cm³/mol. The first-order chi connectivity index (χ1) is 6.75. The first-order valence-electron chi connectivity index (χ1n) is 5.29. The number of nitrogens with two attached hydrogens (primary N) is 1. The van der Waals surface area contributed by atoms with Crippen molar-refractivity contribution in [3.05, 3.63) is 35.9 Å². The number of hydrogen-bond donors (Lipinski definition) is 1. The third-order valence-electron chi connectivity index (χ3n) is 2.94. The van der Waals surface area contributed by atoms with Gasteiger partial charge in [0, 0.05) is 25.2 Å². The lowest BCUT2D eigenvalue weighted by Crippen LogP contribution is -2.59. The molecule has 0 unspecified atom stereocenters. The maximum absolute atomic E-state index is 5.76. The van der Waals surface area contributed by atoms with E-state index >= 15 is 0 Å². The summed E-state index contributed by atoms with van der Waals surface area (Å²) in [6.45, 7) is 4.40. The SMILES string of the molecule is C[C@@H](Cc1ccccc1)N1CC(N)C1. The summed E-state index contributed by atoms with van der Waals surface area (Å²) in [6, 6.07) is 11.7. The Kier molecular flexibility index (Phi) is 2.85. The quantitative estimate of drug-likeness (QED) is 0.777. The monoisotopic (exact) mass is 190 g/mol. The summed E-state index contributed by atoms with van der Waals surface area (Å²) in [5, 5.41) is 0. The topological polar surface area (TPSA) is 29.3 Å². The maximum atomic E-state index is 5.76. The van der Waals surface area contributed by atoms with Crippen LogP contribution in [0, 0.1) is 0 Å². The Balaban J connectivity index is 1.86. The molecule has 2 nitrogen and oxygen atoms in total. The van der Waals surface area contributed by atoms with Gasteiger partial charge in [-0.05, 0) is 18.9 Å². The molecule has 14 heavy (non-hydrogen) atoms. The molecule has 1 aromatic carbocycles. The Morgan fingerprint density at radius 2 is 2.00 bits per heavy atom. The fourth-order valence-corrected chi connectivity index (χ4v) is 1.99. The summed E-state index contributed by atoms with van der Waals surface area (Å²) in [5.74, 6) is 0. The van der Waals surface area contributed by atoms with Crippen LogP contribution >= 0.6 is 0 Å². The average molecular weight is 190 g/mol. The van der Waals surface area contributed by atoms with Crippen LogP contribution in [-0.4, -0.2) is 30.1 Å². The van der Waals surface area contributed by atoms with Crippen LogP contribution in [0.3, 0.4) is 0 Å². The van der Waals surface area contributed by atoms with Gasteiger partial charge in [-0.15, -0.1) is 0 Å². The molecule has 0 aliphatic carbocycles. The van der Waals surface area contributed by atoms with E-state index in [0.717, 1.165) is 19.5 Å². The molecule has 1 aliphatic rings. The van der Waals surface area contributed by atoms with E-state index in [9.17, 15) is 0 Å². The van der Waals surface area contributed by atoms with Crippen molar-refractivity contribution in [3.63, 3.8) is 0 Å². The van der Waals surface area contributed by atoms with Gasteiger partial charge >= 0.3 is 0 Å². The maximum Gasteiger partial charge on any atom is 0.0297 e. The van der Waals surface area contributed by atoms with Gasteiger partial charge in [0.2, 0.25) is 0 Å². The minimum atomic E-state index is 0.410. The number of likely N-dealkylation sites (tertiary alicyclic amines) is 1. The van der Waals surface area contributed by atoms with Gasteiger partial charge in [-0.3, -0.25) is 4.90 Å². The Hall–Kier alpha value is -0.860. The zero-order chi connectivity index (χ0) is 9.97. The van der Waals surface area contributed by atoms with E-state index in [1.165, 1.54) is 5.56 Å². The molecule has 0 bridgehead atoms. The summed E-state index contributed by atoms with van der Waals surface area (Å²) in [4.78, 5) is 2.44. The number of hydrogen-bond acceptors (Lipinski definition) is 2. The second-order valence-corrected chi connectivity index (χ2v) is 4.25. The Bertz CT molecular complexity index is 278. The highest BCUT2D eigenvalue weighted by atomic mass is 15.2. The summed E-state index contributed by atoms with van der Waals surface area (Å²) in [7, 11) is 0. The van der Waals surface area contributed by atoms with E-state index < -0.39 is 0 Å². The molecular weight excluding hydrogens is 172 g/mol. The molecule has 1 aromatic rings. The van der Waals surface area contributed by atoms with E-state index in [0.29, 0.717) is 12.1 Å². The van der Waals surface area contributed by atoms with Crippen LogP contribution < -0.4 is 5.73 Å². The molecule has 0 radical (unpaired) electrons. The van der Waals surface area contributed by atoms with E-state index in [1.807, 2.05) is 0 Å². The molecule has 2 N–H and O–H groups in total. The molecule has 1 atom stereocenters. The van der Waals surface area contributed by atoms with Gasteiger partial charge < -0.3 is 5.73 Å². The minimum Gasteiger partial charge on any atom is -0.325 e. The van der Waals surface area contributed by atoms with Crippen LogP contribution in [0.25, 0.3) is 0 Å². The third-order valence-corrected chi connectivity index (χ3v) is 2.94. The van der Waals surface area contributed by atoms with Crippen molar-refractivity contribution in [2.75, 3.05) is 13.1 Å². The Morgan fingerprint density at radius 3 is 2.57 bits per heavy atom. The summed E-state index contributed by atoms with van der Waals surface area (Å²) < 4.78 is 0. The number of nitrogens with zero attached hydrogens (tertiary/aromatic N) is 1. The predicted octanol–water partition coefficient (Wildman–Crippen LogP) is 1.26. The fourth-order valence-electron chi connectivity index (χ4n) is 1.99. The second-order valence-electron chi connectivity index (χ2n) is 4.25. The number of rotatable bonds is 3. The van der Waals surface area contributed by atoms with Crippen LogP contribution in [0.4, 0.5) is 0 Å². The van der Waals surface area contributed by atoms with Crippen LogP contribution in [0.1, 0.15) is 12.5 Å². The molecular formula is C12H18N2. The molecule has 0 saturated carbocycles. The molecule has 0 aromatic heterocycles. The largest absolute Gasteiger partial charge is 0.325 e. The van der Waals surface area contributed by atoms with E-state index in [1.54, 1.807) is 0 Å². The second kappa shape index (κ2) is 4.11. The first kappa shape index (κ1) is 9.69. The molecule has 0 spiro atoms. The zero-order valence-electron chi connectivity index (χ0n) is 8.69. The van der Waals surface area contributed by atoms with Gasteiger partial charge in [0.15, 0.2) is 0 Å². The number of benzene rings is 1. The normalized spacial score (nSPS) is 20.4. The van der Waals surface area contributed by atoms with Gasteiger partial charge in [0.25, 0.3) is 0 Å². The first-order valence-corrected chi connectivity index (χ1v) is 5.29. The highest BCUT2D eigenvalue weighted by Gasteiger charge is 2.26. The molecule has 76 valence electrons. The van der Waals surface area contributed by atoms with Crippen LogP contribution in [0.15, 0.2) is 30.3 Å². The van der Waals surface area contributed by atoms with E-state index in [2.05, 4.69) is 42.2 Å². The average Bonchev–Trinajstić information content (AvgIpc) is 2.14. The summed E-state index contributed by atoms with van der Waals surface area (Å²) >= 11 is 0. The Morgan fingerprint density at radius 1 is 1.36 bits per heavy atom. The van der Waals surface area contributed by atoms with E-state index in [4.69, 9.17) is 5.73 Å². The zero-order valence-corrected chi connectivity index (χ0v) is 8.69. The highest BCUT2D eigenvalue weighted by Crippen LogP contribution is 2.14. The van der Waals surface area contributed by atoms with Gasteiger partial charge in [-0.1, -0.05) is 30.3 Å². The molecule has 1 aliphatic heterocycles. The summed E-state index contributed by atoms with van der Waals surface area (Å²) in [6.07, 6.45) is 1.13. The van der Waals surface area contributed by atoms with Crippen molar-refractivity contribution < 1.29 is 0 Å². The molecule has 1 fully saturated rings. The molecule has 1 saturated heterocycles. The molecule has 2 heteroatoms. The lowest BCUT2D eigenvalue weighted by Gasteiger charge is -2.41. The fraction of sp³-hybridized carbons (Fsp3) is 0.500. The molecule has 2 rings (SSSR count). The molecule has 0 amide bonds. The van der Waals surface area contributed by atoms with Crippen LogP contribution in [0.2, 0.25) is 0 Å². The van der Waals surface area contributed by atoms with Crippen molar-refractivity contribution in [1.29, 1.82) is 0 Å². The smallest absolute Gasteiger partial charge is 0.0297 e. The lowest BCUT2D eigenvalue weighted by atomic mass is 10.0. The Labute approximate surface area is 85.7 Å². The third kappa shape index (κ3) is 2.14. The van der Waals surface area contributed by atoms with Crippen molar-refractivity contribution in [2.45, 2.75) is 25.4 Å². The van der Waals surface area contributed by atoms with Crippen molar-refractivity contribution in [1.82, 2.24) is 4.90 Å². The van der Waals surface area contributed by atoms with Gasteiger partial charge in [0.05, 0.1) is 0 Å². The summed E-state index contributed by atoms with van der Waals surface area (Å²) in [5.41, 5.74) is 7.18. The standard InChI is InChI=1S/C12H18N2/c1-10(14-8-12(13)9-14)7-11-5-3-2-4-6-11/h2-6,10,12H,7-9,13H2,1H3/t10-/m0/s1. The van der Waals surface area contributed by atoms with Crippen molar-refractivity contribution >= 4 is 0 Å². The van der Waals surface area contributed by atoms with Crippen molar-refractivity contribution in [3.8, 4) is 0 Å². The minimum absolute atomic E-state index is 0.410. The van der Waals surface area contributed by atoms with Gasteiger partial charge in [-0.25, -0.2) is 0 Å². The van der Waals surface area contributed by atoms with Crippen LogP contribution in [-0.2, 0) is 6.42 Å². The van der Waals surface area contributed by atoms with Crippen LogP contribution in [0.5, 0.6) is 0 Å². The van der Waals surface area contributed by atoms with E-state index in [-0.39, 0.29) is 0 Å². The van der Waals surface area contributed by atoms with Crippen molar-refractivity contribution in [2.24, 2.45) is 5.73 Å². The van der Waals surface area contributed by atoms with Gasteiger partial charge in [-0.2, -0.15) is 0 Å². The highest BCUT2D eigenvalue weighted by molar-refractivity contribution is 5.16. The molecule has 1 heterocycles. The lowest BCUT2D eigenvalue weighted by molar-refractivity contribution is 0.103. The van der Waals surface area contributed by atoms with Gasteiger partial charge in [0.1, 0.15) is 0 Å².